The summed E-state index contributed by atoms with van der Waals surface area (Å²) in [6, 6.07) is -0.0191. The molecule has 2 unspecified atom stereocenters. The summed E-state index contributed by atoms with van der Waals surface area (Å²) in [5.41, 5.74) is 0.441. The molecule has 1 heterocycles. The number of halogens is 1. The van der Waals surface area contributed by atoms with Gasteiger partial charge in [0.2, 0.25) is 10.0 Å². The van der Waals surface area contributed by atoms with Crippen LogP contribution in [0.2, 0.25) is 0 Å². The molecule has 8 heteroatoms. The molecule has 3 aliphatic rings. The van der Waals surface area contributed by atoms with Crippen LogP contribution < -0.4 is 5.90 Å². The van der Waals surface area contributed by atoms with Gasteiger partial charge < -0.3 is 4.94 Å². The molecule has 1 saturated heterocycles. The van der Waals surface area contributed by atoms with Crippen LogP contribution in [0.5, 0.6) is 0 Å². The van der Waals surface area contributed by atoms with Crippen LogP contribution in [0.25, 0.3) is 0 Å². The normalized spacial score (nSPS) is 34.0. The van der Waals surface area contributed by atoms with Crippen LogP contribution in [0, 0.1) is 10.8 Å². The molecule has 0 radical (unpaired) electrons. The molecule has 1 saturated carbocycles. The summed E-state index contributed by atoms with van der Waals surface area (Å²) in [5.74, 6) is 5.04. The maximum Gasteiger partial charge on any atom is 0.245 e. The molecule has 6 nitrogen and oxygen atoms in total. The number of allylic oxidation sites excluding steroid dienone is 5. The highest BCUT2D eigenvalue weighted by atomic mass is 35.5. The molecule has 0 spiro atoms. The van der Waals surface area contributed by atoms with Crippen molar-refractivity contribution in [2.24, 2.45) is 21.9 Å². The zero-order valence-corrected chi connectivity index (χ0v) is 16.3. The van der Waals surface area contributed by atoms with E-state index < -0.39 is 10.0 Å². The Labute approximate surface area is 154 Å². The second-order valence-electron chi connectivity index (χ2n) is 8.33. The van der Waals surface area contributed by atoms with Gasteiger partial charge in [0, 0.05) is 23.2 Å². The van der Waals surface area contributed by atoms with Crippen molar-refractivity contribution in [2.45, 2.75) is 46.1 Å². The van der Waals surface area contributed by atoms with E-state index >= 15 is 0 Å². The average molecular weight is 386 g/mol. The van der Waals surface area contributed by atoms with E-state index in [1.807, 2.05) is 0 Å². The Hall–Kier alpha value is -1.15. The summed E-state index contributed by atoms with van der Waals surface area (Å²) in [7, 11) is -3.77. The first-order chi connectivity index (χ1) is 11.5. The quantitative estimate of drug-likeness (QED) is 0.756. The second-order valence-corrected chi connectivity index (χ2v) is 10.6. The van der Waals surface area contributed by atoms with E-state index in [1.54, 1.807) is 4.31 Å². The molecule has 2 fully saturated rings. The van der Waals surface area contributed by atoms with Gasteiger partial charge in [-0.3, -0.25) is 0 Å². The minimum Gasteiger partial charge on any atom is -0.302 e. The topological polar surface area (TPSA) is 85.0 Å². The highest BCUT2D eigenvalue weighted by Crippen LogP contribution is 2.53. The molecule has 2 aliphatic carbocycles. The molecule has 1 aliphatic heterocycles. The van der Waals surface area contributed by atoms with Crippen molar-refractivity contribution in [3.63, 3.8) is 0 Å². The Kier molecular flexibility index (Phi) is 4.43. The molecular formula is C17H24ClN3O3S. The van der Waals surface area contributed by atoms with Crippen LogP contribution in [0.1, 0.15) is 40.0 Å². The number of hydrogen-bond donors (Lipinski definition) is 1. The average Bonchev–Trinajstić information content (AvgIpc) is 2.73. The summed E-state index contributed by atoms with van der Waals surface area (Å²) < 4.78 is 28.4. The van der Waals surface area contributed by atoms with Gasteiger partial charge in [0.05, 0.1) is 0 Å². The minimum absolute atomic E-state index is 0.0130. The molecule has 2 N–H and O–H groups in total. The number of rotatable bonds is 3. The smallest absolute Gasteiger partial charge is 0.245 e. The zero-order valence-electron chi connectivity index (χ0n) is 14.8. The molecule has 2 bridgehead atoms. The van der Waals surface area contributed by atoms with Crippen LogP contribution in [0.3, 0.4) is 0 Å². The van der Waals surface area contributed by atoms with E-state index in [0.29, 0.717) is 11.6 Å². The molecule has 0 aromatic heterocycles. The highest BCUT2D eigenvalue weighted by Gasteiger charge is 2.54. The lowest BCUT2D eigenvalue weighted by molar-refractivity contribution is 0.133. The van der Waals surface area contributed by atoms with Gasteiger partial charge in [-0.2, -0.15) is 4.31 Å². The SMILES string of the molecule is C=C1C(Cl)=CC=C(S(=O)(=O)N2CC3(C)CC2CC(C)(C)C3)/C1=N/ON. The number of sulfonamides is 1. The van der Waals surface area contributed by atoms with Crippen LogP contribution in [0.15, 0.2) is 39.4 Å². The number of oxime groups is 1. The fourth-order valence-electron chi connectivity index (χ4n) is 4.77. The van der Waals surface area contributed by atoms with Crippen LogP contribution in [0.4, 0.5) is 0 Å². The van der Waals surface area contributed by atoms with Gasteiger partial charge in [-0.05, 0) is 42.2 Å². The van der Waals surface area contributed by atoms with Crippen molar-refractivity contribution in [1.82, 2.24) is 4.31 Å². The van der Waals surface area contributed by atoms with E-state index in [0.717, 1.165) is 19.3 Å². The number of fused-ring (bicyclic) bond motifs is 2. The van der Waals surface area contributed by atoms with Crippen molar-refractivity contribution in [1.29, 1.82) is 0 Å². The van der Waals surface area contributed by atoms with Gasteiger partial charge >= 0.3 is 0 Å². The van der Waals surface area contributed by atoms with Crippen LogP contribution in [-0.4, -0.2) is 31.0 Å². The molecule has 0 aromatic rings. The van der Waals surface area contributed by atoms with Gasteiger partial charge in [0.25, 0.3) is 0 Å². The number of nitrogens with two attached hydrogens (primary N) is 1. The summed E-state index contributed by atoms with van der Waals surface area (Å²) in [6.07, 6.45) is 5.68. The summed E-state index contributed by atoms with van der Waals surface area (Å²) >= 11 is 6.05. The lowest BCUT2D eigenvalue weighted by atomic mass is 9.65. The standard InChI is InChI=1S/C17H24ClN3O3S/c1-11-13(18)5-6-14(15(11)20-24-19)25(22,23)21-10-17(4)8-12(21)7-16(2,3)9-17/h5-6,12H,1,7-10,19H2,2-4H3/b20-15+. The highest BCUT2D eigenvalue weighted by molar-refractivity contribution is 7.94. The van der Waals surface area contributed by atoms with Gasteiger partial charge in [-0.25, -0.2) is 8.42 Å². The van der Waals surface area contributed by atoms with Gasteiger partial charge in [-0.1, -0.05) is 44.1 Å². The summed E-state index contributed by atoms with van der Waals surface area (Å²) in [4.78, 5) is 4.37. The lowest BCUT2D eigenvalue weighted by Gasteiger charge is -2.39. The largest absolute Gasteiger partial charge is 0.302 e. The molecule has 25 heavy (non-hydrogen) atoms. The van der Waals surface area contributed by atoms with E-state index in [2.05, 4.69) is 37.4 Å². The predicted molar refractivity (Wildman–Crippen MR) is 99.0 cm³/mol. The molecular weight excluding hydrogens is 362 g/mol. The molecule has 3 rings (SSSR count). The van der Waals surface area contributed by atoms with Crippen LogP contribution in [-0.2, 0) is 15.0 Å². The first-order valence-electron chi connectivity index (χ1n) is 8.22. The number of nitrogens with zero attached hydrogens (tertiary/aromatic N) is 2. The molecule has 0 amide bonds. The zero-order chi connectivity index (χ0) is 18.6. The molecule has 0 aromatic carbocycles. The fourth-order valence-corrected chi connectivity index (χ4v) is 6.84. The Balaban J connectivity index is 2.03. The van der Waals surface area contributed by atoms with E-state index in [4.69, 9.17) is 17.5 Å². The summed E-state index contributed by atoms with van der Waals surface area (Å²) in [5, 5.41) is 3.97. The van der Waals surface area contributed by atoms with Gasteiger partial charge in [0.1, 0.15) is 10.6 Å². The van der Waals surface area contributed by atoms with Gasteiger partial charge in [-0.15, -0.1) is 5.90 Å². The Morgan fingerprint density at radius 2 is 2.04 bits per heavy atom. The van der Waals surface area contributed by atoms with E-state index in [9.17, 15) is 8.42 Å². The Bertz CT molecular complexity index is 813. The third-order valence-corrected chi connectivity index (χ3v) is 7.57. The monoisotopic (exact) mass is 385 g/mol. The van der Waals surface area contributed by atoms with Crippen molar-refractivity contribution >= 4 is 27.3 Å². The predicted octanol–water partition coefficient (Wildman–Crippen LogP) is 3.04. The van der Waals surface area contributed by atoms with E-state index in [1.165, 1.54) is 12.2 Å². The second kappa shape index (κ2) is 5.94. The first-order valence-corrected chi connectivity index (χ1v) is 10.0. The van der Waals surface area contributed by atoms with Crippen molar-refractivity contribution in [3.05, 3.63) is 34.2 Å². The van der Waals surface area contributed by atoms with Crippen molar-refractivity contribution in [3.8, 4) is 0 Å². The van der Waals surface area contributed by atoms with Crippen LogP contribution >= 0.6 is 11.6 Å². The fraction of sp³-hybridized carbons (Fsp3) is 0.588. The van der Waals surface area contributed by atoms with Crippen molar-refractivity contribution in [2.75, 3.05) is 6.54 Å². The number of hydrogen-bond acceptors (Lipinski definition) is 5. The maximum absolute atomic E-state index is 13.4. The summed E-state index contributed by atoms with van der Waals surface area (Å²) in [6.45, 7) is 10.9. The van der Waals surface area contributed by atoms with Crippen molar-refractivity contribution < 1.29 is 13.4 Å². The lowest BCUT2D eigenvalue weighted by Crippen LogP contribution is -2.40. The molecule has 138 valence electrons. The van der Waals surface area contributed by atoms with E-state index in [-0.39, 0.29) is 33.1 Å². The minimum atomic E-state index is -3.77. The Morgan fingerprint density at radius 3 is 2.68 bits per heavy atom. The first kappa shape index (κ1) is 18.6. The third kappa shape index (κ3) is 3.18. The third-order valence-electron chi connectivity index (χ3n) is 5.29. The van der Waals surface area contributed by atoms with Gasteiger partial charge in [0.15, 0.2) is 0 Å². The maximum atomic E-state index is 13.4. The Morgan fingerprint density at radius 1 is 1.36 bits per heavy atom. The molecule has 2 atom stereocenters.